The summed E-state index contributed by atoms with van der Waals surface area (Å²) in [5.74, 6) is -1.09. The number of sulfonamides is 3. The molecule has 700 valence electrons. The zero-order valence-electron chi connectivity index (χ0n) is 71.8. The molecule has 0 saturated carbocycles. The molecular formula is C81H98BrCl2N25O19S3. The van der Waals surface area contributed by atoms with E-state index in [9.17, 15) is 35.5 Å². The smallest absolute Gasteiger partial charge is 0.268 e. The maximum absolute atomic E-state index is 12.6. The van der Waals surface area contributed by atoms with Crippen LogP contribution in [0.5, 0.6) is 0 Å². The van der Waals surface area contributed by atoms with Crippen molar-refractivity contribution in [2.45, 2.75) is 197 Å². The van der Waals surface area contributed by atoms with E-state index in [0.717, 1.165) is 44.7 Å². The van der Waals surface area contributed by atoms with Crippen LogP contribution in [0.15, 0.2) is 188 Å². The molecule has 10 aliphatic rings. The first-order valence-corrected chi connectivity index (χ1v) is 45.7. The summed E-state index contributed by atoms with van der Waals surface area (Å²) in [4.78, 5) is 46.1. The van der Waals surface area contributed by atoms with Crippen LogP contribution >= 0.6 is 39.9 Å². The van der Waals surface area contributed by atoms with Crippen molar-refractivity contribution in [1.82, 2.24) is 77.2 Å². The number of rotatable bonds is 12. The highest BCUT2D eigenvalue weighted by Gasteiger charge is 2.59. The van der Waals surface area contributed by atoms with Gasteiger partial charge in [0.1, 0.15) is 146 Å². The number of benzene rings is 3. The number of aryl methyl sites for hydroxylation is 2. The number of aliphatic hydroxyl groups excluding tert-OH is 2. The molecule has 16 atom stereocenters. The number of aliphatic imine (C=N–C) groups is 3. The van der Waals surface area contributed by atoms with Gasteiger partial charge in [-0.15, -0.1) is 25.6 Å². The summed E-state index contributed by atoms with van der Waals surface area (Å²) in [6.45, 7) is 19.0. The van der Waals surface area contributed by atoms with Gasteiger partial charge in [-0.3, -0.25) is 0 Å². The lowest BCUT2D eigenvalue weighted by atomic mass is 10.0. The molecule has 0 spiro atoms. The molecule has 0 unspecified atom stereocenters. The minimum atomic E-state index is -3.73. The van der Waals surface area contributed by atoms with Crippen molar-refractivity contribution in [2.24, 2.45) is 32.2 Å². The number of aromatic nitrogens is 12. The number of nitrogens with two attached hydrogens (primary N) is 6. The molecule has 3 aromatic carbocycles. The number of halogens is 3. The van der Waals surface area contributed by atoms with E-state index in [4.69, 9.17) is 93.4 Å². The van der Waals surface area contributed by atoms with Gasteiger partial charge in [0, 0.05) is 50.4 Å². The lowest BCUT2D eigenvalue weighted by molar-refractivity contribution is -0.196. The van der Waals surface area contributed by atoms with Crippen molar-refractivity contribution >= 4 is 167 Å². The van der Waals surface area contributed by atoms with Crippen LogP contribution in [-0.2, 0) is 90.3 Å². The molecule has 50 heteroatoms. The highest BCUT2D eigenvalue weighted by molar-refractivity contribution is 9.10. The topological polar surface area (TPSA) is 627 Å². The van der Waals surface area contributed by atoms with E-state index in [0.29, 0.717) is 87.6 Å². The maximum atomic E-state index is 12.6. The lowest BCUT2D eigenvalue weighted by Crippen LogP contribution is -2.40. The Hall–Kier alpha value is -10.8. The summed E-state index contributed by atoms with van der Waals surface area (Å²) < 4.78 is 146. The number of hydrogen-bond acceptors (Lipinski definition) is 36. The first kappa shape index (κ1) is 96.2. The number of nitrogen functional groups attached to an aromatic ring is 3. The molecule has 44 nitrogen and oxygen atoms in total. The van der Waals surface area contributed by atoms with Gasteiger partial charge in [0.2, 0.25) is 17.9 Å². The summed E-state index contributed by atoms with van der Waals surface area (Å²) in [7, 11) is -6.86. The van der Waals surface area contributed by atoms with Crippen LogP contribution in [0.2, 0.25) is 5.15 Å². The molecule has 7 saturated heterocycles. The van der Waals surface area contributed by atoms with Crippen LogP contribution < -0.4 is 40.6 Å². The van der Waals surface area contributed by atoms with Crippen LogP contribution in [0.25, 0.3) is 44.1 Å². The van der Waals surface area contributed by atoms with Gasteiger partial charge in [0.05, 0.1) is 50.8 Å². The minimum absolute atomic E-state index is 0. The van der Waals surface area contributed by atoms with Gasteiger partial charge in [-0.05, 0) is 145 Å². The van der Waals surface area contributed by atoms with Gasteiger partial charge >= 0.3 is 0 Å². The predicted molar refractivity (Wildman–Crippen MR) is 486 cm³/mol. The number of guanidine groups is 3. The number of ether oxygens (including phenoxy) is 10. The Morgan fingerprint density at radius 3 is 1.16 bits per heavy atom. The SMILES string of the molecule is C=C[C@H]1O[C@@H](n2ccc3c(Cl)ncnc32)[C@@H]2OC(C)(C)O[C@@H]21.C=C[C@H]1O[C@@H](n2ccc3c(N)ncnc32)[C@@H]2OC(C)(C)O[C@@H]21.CN1C(N)=Nc2cc(Br)ccc2S1(=O)=O.CN1C(N)=Nc2cc(CC[C@H]3O[C@@H](n4ccc5c(N)ncnc54)[C@@H]4OC(C)(C)O[C@@H]43)ccc2S1(=O)=O.CN1C(N)=Nc2cc(CC[C@H]3O[C@@H](n4ccc5c(N)ncnc54)[C@H](O)[C@@H]3O)ccc2S1(=O)=O.Cl.N.O. The third-order valence-electron chi connectivity index (χ3n) is 23.2. The van der Waals surface area contributed by atoms with Gasteiger partial charge in [0.25, 0.3) is 30.1 Å². The van der Waals surface area contributed by atoms with Crippen LogP contribution in [0, 0.1) is 0 Å². The first-order valence-electron chi connectivity index (χ1n) is 40.2. The second kappa shape index (κ2) is 36.3. The summed E-state index contributed by atoms with van der Waals surface area (Å²) >= 11 is 9.36. The fourth-order valence-corrected chi connectivity index (χ4v) is 21.1. The van der Waals surface area contributed by atoms with Crippen LogP contribution in [0.3, 0.4) is 0 Å². The number of anilines is 3. The van der Waals surface area contributed by atoms with E-state index < -0.39 is 78.2 Å². The average Bonchev–Trinajstić information content (AvgIpc) is 1.70. The van der Waals surface area contributed by atoms with E-state index in [1.165, 1.54) is 58.6 Å². The van der Waals surface area contributed by atoms with Crippen molar-refractivity contribution in [3.8, 4) is 0 Å². The molecule has 0 aliphatic carbocycles. The Labute approximate surface area is 770 Å². The fraction of sp³-hybridized carbons (Fsp3) is 0.395. The predicted octanol–water partition coefficient (Wildman–Crippen LogP) is 6.58. The van der Waals surface area contributed by atoms with Crippen molar-refractivity contribution in [3.05, 3.63) is 175 Å². The molecule has 8 aromatic heterocycles. The second-order valence-corrected chi connectivity index (χ2v) is 39.7. The van der Waals surface area contributed by atoms with Crippen molar-refractivity contribution in [2.75, 3.05) is 38.3 Å². The Kier molecular flexibility index (Phi) is 26.7. The van der Waals surface area contributed by atoms with Crippen LogP contribution in [0.1, 0.15) is 90.4 Å². The molecule has 18 heterocycles. The third kappa shape index (κ3) is 17.7. The van der Waals surface area contributed by atoms with E-state index in [-0.39, 0.29) is 130 Å². The van der Waals surface area contributed by atoms with Gasteiger partial charge < -0.3 is 122 Å². The molecule has 0 bridgehead atoms. The van der Waals surface area contributed by atoms with Gasteiger partial charge in [0.15, 0.2) is 42.3 Å². The first-order chi connectivity index (χ1) is 60.7. The molecule has 131 heavy (non-hydrogen) atoms. The second-order valence-electron chi connectivity index (χ2n) is 32.7. The molecule has 21 rings (SSSR count). The van der Waals surface area contributed by atoms with E-state index in [1.54, 1.807) is 71.4 Å². The summed E-state index contributed by atoms with van der Waals surface area (Å²) in [6.07, 6.45) is 11.4. The molecule has 7 fully saturated rings. The van der Waals surface area contributed by atoms with Crippen LogP contribution in [-0.4, -0.2) is 242 Å². The third-order valence-corrected chi connectivity index (χ3v) is 29.4. The molecular weight excluding hydrogens is 1870 g/mol. The lowest BCUT2D eigenvalue weighted by Gasteiger charge is -2.25. The quantitative estimate of drug-likeness (QED) is 0.0460. The summed E-state index contributed by atoms with van der Waals surface area (Å²) in [5.41, 5.74) is 40.1. The van der Waals surface area contributed by atoms with E-state index in [1.807, 2.05) is 92.0 Å². The van der Waals surface area contributed by atoms with Crippen LogP contribution in [0.4, 0.5) is 34.5 Å². The zero-order valence-corrected chi connectivity index (χ0v) is 77.4. The van der Waals surface area contributed by atoms with Crippen molar-refractivity contribution in [3.63, 3.8) is 0 Å². The average molecular weight is 1970 g/mol. The Balaban J connectivity index is 0.000000135. The Morgan fingerprint density at radius 1 is 0.435 bits per heavy atom. The highest BCUT2D eigenvalue weighted by atomic mass is 79.9. The summed E-state index contributed by atoms with van der Waals surface area (Å²) in [6, 6.07) is 22.1. The Bertz CT molecular complexity index is 6580. The molecule has 0 radical (unpaired) electrons. The number of hydrogen-bond donors (Lipinski definition) is 9. The standard InChI is InChI=1S/C23H27N7O5S.C20H23N7O5S.C15H16ClN3O3.C15H18N4O3.C8H8BrN3O2S.ClH.H3N.H2O/c1-23(2)34-17-15(6-4-12-5-7-16-14(10-12)28-22(25)29(3)36(16,31)32)33-21(18(17)35-23)30-9-8-13-19(24)26-11-27-20(13)30;1-26-20(22)25-12-8-10(3-5-14(12)33(26,30)31)2-4-13-15(28)16(29)19(32-13)27-7-6-11-17(21)23-9-24-18(11)27;2*1-4-9-10-11(22-15(2,3)21-10)14(20-9)19-6-5-8-12(16)17-7-18-13(8)19;1-12-8(10)11-6-4-5(9)2-3-7(6)15(12,13)14;;;/h5,7-11,15,17-18,21H,4,6H2,1-3H3,(H2,25,28)(H2,24,26,27);3,5-9,13,15-16,19,28-29H,2,4H2,1H3,(H2,22,25)(H2,21,23,24);4-7,9-11,14H,1H2,2-3H3;4-7,9-11,14H,1H2,2-3H3,(H2,16,17,18);2-4H,1H3,(H2,10,11);1H;1H3;1H2/t15-,17-,18-,21-;13-,15-,16-,19-;2*9-,10-,11-,14-;;;;/m1111..../s1. The minimum Gasteiger partial charge on any atom is -0.412 e. The van der Waals surface area contributed by atoms with Gasteiger partial charge in [-0.2, -0.15) is 0 Å². The number of aliphatic hydroxyl groups is 2. The number of nitrogens with zero attached hydrogens (tertiary/aromatic N) is 18. The molecule has 10 aliphatic heterocycles. The fourth-order valence-electron chi connectivity index (χ4n) is 16.9. The van der Waals surface area contributed by atoms with Gasteiger partial charge in [-0.25, -0.2) is 93.0 Å². The zero-order chi connectivity index (χ0) is 91.1. The number of fused-ring (bicyclic) bond motifs is 10. The molecule has 11 aromatic rings. The van der Waals surface area contributed by atoms with Crippen molar-refractivity contribution < 1.29 is 88.3 Å². The monoisotopic (exact) mass is 1970 g/mol. The van der Waals surface area contributed by atoms with E-state index >= 15 is 0 Å². The maximum Gasteiger partial charge on any atom is 0.268 e. The molecule has 19 N–H and O–H groups in total. The summed E-state index contributed by atoms with van der Waals surface area (Å²) in [5, 5.41) is 24.6. The van der Waals surface area contributed by atoms with E-state index in [2.05, 4.69) is 83.9 Å². The highest BCUT2D eigenvalue weighted by Crippen LogP contribution is 2.49. The Morgan fingerprint density at radius 2 is 0.756 bits per heavy atom. The van der Waals surface area contributed by atoms with Crippen molar-refractivity contribution in [1.29, 1.82) is 0 Å². The van der Waals surface area contributed by atoms with Gasteiger partial charge in [-0.1, -0.05) is 51.8 Å². The normalized spacial score (nSPS) is 27.6. The molecule has 0 amide bonds. The largest absolute Gasteiger partial charge is 0.412 e.